The molecular weight excluding hydrogens is 372 g/mol. The van der Waals surface area contributed by atoms with Crippen LogP contribution < -0.4 is 11.1 Å². The van der Waals surface area contributed by atoms with Crippen LogP contribution in [0.5, 0.6) is 0 Å². The first-order valence-electron chi connectivity index (χ1n) is 9.27. The van der Waals surface area contributed by atoms with Crippen molar-refractivity contribution in [3.8, 4) is 0 Å². The van der Waals surface area contributed by atoms with Gasteiger partial charge < -0.3 is 15.6 Å². The molecule has 0 bridgehead atoms. The van der Waals surface area contributed by atoms with Crippen LogP contribution in [-0.2, 0) is 13.1 Å². The van der Waals surface area contributed by atoms with Crippen LogP contribution in [0.2, 0.25) is 0 Å². The molecule has 2 aromatic rings. The molecule has 0 spiro atoms. The highest BCUT2D eigenvalue weighted by Crippen LogP contribution is 2.13. The van der Waals surface area contributed by atoms with E-state index in [0.29, 0.717) is 12.2 Å². The number of benzene rings is 1. The number of nitrogens with one attached hydrogen (secondary N) is 1. The van der Waals surface area contributed by atoms with Crippen LogP contribution in [0.15, 0.2) is 54.4 Å². The fourth-order valence-electron chi connectivity index (χ4n) is 3.09. The molecule has 1 amide bonds. The highest BCUT2D eigenvalue weighted by atomic mass is 16.6. The zero-order valence-electron chi connectivity index (χ0n) is 16.4. The molecule has 1 aliphatic heterocycles. The number of nitrogens with zero attached hydrogens (tertiary/aromatic N) is 4. The molecule has 1 unspecified atom stereocenters. The Morgan fingerprint density at radius 1 is 1.31 bits per heavy atom. The standard InChI is InChI=1S/C20H24N6O3/c1-14(18(26(28)29)9-8-16(21)15-6-4-3-5-7-15)22-20(27)17-12-25-11-10-24(2)13-19(25)23-17/h3-9,12,14H,10-11,13,21H2,1-2H3,(H,22,27)/b16-8-,18-9+. The summed E-state index contributed by atoms with van der Waals surface area (Å²) in [6.45, 7) is 3.85. The van der Waals surface area contributed by atoms with Crippen molar-refractivity contribution < 1.29 is 9.72 Å². The zero-order valence-corrected chi connectivity index (χ0v) is 16.4. The molecule has 0 saturated carbocycles. The summed E-state index contributed by atoms with van der Waals surface area (Å²) in [6, 6.07) is 8.33. The molecule has 9 nitrogen and oxygen atoms in total. The molecule has 0 saturated heterocycles. The Balaban J connectivity index is 1.73. The normalized spacial score (nSPS) is 16.2. The predicted molar refractivity (Wildman–Crippen MR) is 109 cm³/mol. The van der Waals surface area contributed by atoms with Crippen LogP contribution in [0.25, 0.3) is 5.70 Å². The summed E-state index contributed by atoms with van der Waals surface area (Å²) in [5, 5.41) is 14.1. The minimum absolute atomic E-state index is 0.166. The van der Waals surface area contributed by atoms with Gasteiger partial charge >= 0.3 is 0 Å². The number of likely N-dealkylation sites (N-methyl/N-ethyl adjacent to an activating group) is 1. The number of nitrogens with two attached hydrogens (primary N) is 1. The largest absolute Gasteiger partial charge is 0.398 e. The highest BCUT2D eigenvalue weighted by Gasteiger charge is 2.25. The van der Waals surface area contributed by atoms with E-state index in [-0.39, 0.29) is 11.4 Å². The summed E-state index contributed by atoms with van der Waals surface area (Å²) >= 11 is 0. The third kappa shape index (κ3) is 4.88. The highest BCUT2D eigenvalue weighted by molar-refractivity contribution is 5.92. The van der Waals surface area contributed by atoms with Crippen LogP contribution >= 0.6 is 0 Å². The van der Waals surface area contributed by atoms with Crippen molar-refractivity contribution in [2.75, 3.05) is 13.6 Å². The summed E-state index contributed by atoms with van der Waals surface area (Å²) in [7, 11) is 1.99. The van der Waals surface area contributed by atoms with Crippen molar-refractivity contribution >= 4 is 11.6 Å². The van der Waals surface area contributed by atoms with Gasteiger partial charge in [-0.05, 0) is 25.6 Å². The van der Waals surface area contributed by atoms with Gasteiger partial charge in [0.1, 0.15) is 17.6 Å². The van der Waals surface area contributed by atoms with Crippen molar-refractivity contribution in [3.63, 3.8) is 0 Å². The number of aromatic nitrogens is 2. The van der Waals surface area contributed by atoms with Crippen molar-refractivity contribution in [2.45, 2.75) is 26.1 Å². The predicted octanol–water partition coefficient (Wildman–Crippen LogP) is 1.61. The van der Waals surface area contributed by atoms with Crippen LogP contribution in [-0.4, -0.2) is 44.9 Å². The number of hydrogen-bond acceptors (Lipinski definition) is 6. The van der Waals surface area contributed by atoms with E-state index in [9.17, 15) is 14.9 Å². The smallest absolute Gasteiger partial charge is 0.272 e. The number of amides is 1. The van der Waals surface area contributed by atoms with Crippen molar-refractivity contribution in [1.82, 2.24) is 19.8 Å². The molecule has 1 aromatic carbocycles. The Labute approximate surface area is 168 Å². The van der Waals surface area contributed by atoms with E-state index < -0.39 is 16.9 Å². The summed E-state index contributed by atoms with van der Waals surface area (Å²) in [4.78, 5) is 30.0. The van der Waals surface area contributed by atoms with Crippen LogP contribution in [0.4, 0.5) is 0 Å². The monoisotopic (exact) mass is 396 g/mol. The fraction of sp³-hybridized carbons (Fsp3) is 0.300. The second-order valence-electron chi connectivity index (χ2n) is 7.01. The number of hydrogen-bond donors (Lipinski definition) is 2. The third-order valence-corrected chi connectivity index (χ3v) is 4.77. The first-order chi connectivity index (χ1) is 13.8. The quantitative estimate of drug-likeness (QED) is 0.435. The fourth-order valence-corrected chi connectivity index (χ4v) is 3.09. The van der Waals surface area contributed by atoms with Crippen molar-refractivity contribution in [3.05, 3.63) is 81.6 Å². The van der Waals surface area contributed by atoms with E-state index >= 15 is 0 Å². The topological polar surface area (TPSA) is 119 Å². The number of nitro groups is 1. The Morgan fingerprint density at radius 3 is 2.72 bits per heavy atom. The summed E-state index contributed by atoms with van der Waals surface area (Å²) in [6.07, 6.45) is 4.48. The molecule has 1 atom stereocenters. The molecule has 1 aromatic heterocycles. The molecule has 1 aliphatic rings. The Morgan fingerprint density at radius 2 is 2.03 bits per heavy atom. The van der Waals surface area contributed by atoms with Gasteiger partial charge in [-0.1, -0.05) is 30.3 Å². The number of imidazole rings is 1. The van der Waals surface area contributed by atoms with E-state index in [4.69, 9.17) is 5.73 Å². The summed E-state index contributed by atoms with van der Waals surface area (Å²) in [5.74, 6) is 0.356. The molecule has 0 fully saturated rings. The maximum atomic E-state index is 12.6. The Bertz CT molecular complexity index is 964. The Hall–Kier alpha value is -3.46. The summed E-state index contributed by atoms with van der Waals surface area (Å²) < 4.78 is 1.94. The molecule has 9 heteroatoms. The van der Waals surface area contributed by atoms with Gasteiger partial charge in [-0.15, -0.1) is 0 Å². The van der Waals surface area contributed by atoms with Crippen LogP contribution in [0.1, 0.15) is 28.8 Å². The third-order valence-electron chi connectivity index (χ3n) is 4.77. The van der Waals surface area contributed by atoms with Crippen molar-refractivity contribution in [1.29, 1.82) is 0 Å². The maximum Gasteiger partial charge on any atom is 0.272 e. The van der Waals surface area contributed by atoms with E-state index in [2.05, 4.69) is 15.2 Å². The second-order valence-corrected chi connectivity index (χ2v) is 7.01. The molecule has 2 heterocycles. The van der Waals surface area contributed by atoms with Gasteiger partial charge in [0.25, 0.3) is 11.6 Å². The van der Waals surface area contributed by atoms with E-state index in [1.807, 2.05) is 41.9 Å². The SMILES string of the molecule is CC(NC(=O)c1cn2c(n1)CN(C)CC2)/C(=C\C=C(/N)c1ccccc1)[N+](=O)[O-]. The lowest BCUT2D eigenvalue weighted by Crippen LogP contribution is -2.36. The van der Waals surface area contributed by atoms with E-state index in [0.717, 1.165) is 24.5 Å². The number of allylic oxidation sites excluding steroid dienone is 2. The van der Waals surface area contributed by atoms with Gasteiger partial charge in [0, 0.05) is 31.1 Å². The molecular formula is C20H24N6O3. The van der Waals surface area contributed by atoms with Crippen LogP contribution in [0, 0.1) is 10.1 Å². The minimum Gasteiger partial charge on any atom is -0.398 e. The Kier molecular flexibility index (Phi) is 6.08. The molecule has 0 aliphatic carbocycles. The number of rotatable bonds is 6. The lowest BCUT2D eigenvalue weighted by Gasteiger charge is -2.22. The second kappa shape index (κ2) is 8.70. The number of carbonyl (C=O) groups excluding carboxylic acids is 1. The van der Waals surface area contributed by atoms with Crippen molar-refractivity contribution in [2.24, 2.45) is 5.73 Å². The number of fused-ring (bicyclic) bond motifs is 1. The molecule has 0 radical (unpaired) electrons. The van der Waals surface area contributed by atoms with Crippen LogP contribution in [0.3, 0.4) is 0 Å². The molecule has 152 valence electrons. The molecule has 3 rings (SSSR count). The first kappa shape index (κ1) is 20.3. The van der Waals surface area contributed by atoms with Gasteiger partial charge in [0.2, 0.25) is 0 Å². The molecule has 3 N–H and O–H groups in total. The van der Waals surface area contributed by atoms with Gasteiger partial charge in [0.15, 0.2) is 0 Å². The number of carbonyl (C=O) groups is 1. The van der Waals surface area contributed by atoms with Gasteiger partial charge in [0.05, 0.1) is 11.5 Å². The average molecular weight is 396 g/mol. The maximum absolute atomic E-state index is 12.6. The van der Waals surface area contributed by atoms with Gasteiger partial charge in [-0.3, -0.25) is 19.8 Å². The van der Waals surface area contributed by atoms with E-state index in [1.54, 1.807) is 13.1 Å². The minimum atomic E-state index is -0.821. The first-order valence-corrected chi connectivity index (χ1v) is 9.27. The summed E-state index contributed by atoms with van der Waals surface area (Å²) in [5.41, 5.74) is 7.24. The zero-order chi connectivity index (χ0) is 21.0. The lowest BCUT2D eigenvalue weighted by molar-refractivity contribution is -0.429. The van der Waals surface area contributed by atoms with E-state index in [1.165, 1.54) is 12.2 Å². The molecule has 29 heavy (non-hydrogen) atoms. The van der Waals surface area contributed by atoms with Gasteiger partial charge in [-0.25, -0.2) is 4.98 Å². The lowest BCUT2D eigenvalue weighted by atomic mass is 10.1. The average Bonchev–Trinajstić information content (AvgIpc) is 3.11. The van der Waals surface area contributed by atoms with Gasteiger partial charge in [-0.2, -0.15) is 0 Å².